The van der Waals surface area contributed by atoms with Crippen LogP contribution in [0.1, 0.15) is 32.6 Å². The van der Waals surface area contributed by atoms with E-state index in [1.165, 1.54) is 0 Å². The van der Waals surface area contributed by atoms with Crippen molar-refractivity contribution in [1.82, 2.24) is 9.80 Å². The Hall–Kier alpha value is -0.760. The first kappa shape index (κ1) is 19.6. The molecule has 0 saturated carbocycles. The van der Waals surface area contributed by atoms with E-state index < -0.39 is 15.6 Å². The smallest absolute Gasteiger partial charge is 0.237 e. The number of sulfone groups is 1. The number of piperidine rings is 2. The van der Waals surface area contributed by atoms with Gasteiger partial charge in [-0.2, -0.15) is 11.8 Å². The van der Waals surface area contributed by atoms with Crippen LogP contribution in [-0.2, 0) is 19.4 Å². The van der Waals surface area contributed by atoms with Crippen molar-refractivity contribution in [2.45, 2.75) is 38.6 Å². The highest BCUT2D eigenvalue weighted by atomic mass is 32.2. The molecule has 0 aromatic carbocycles. The van der Waals surface area contributed by atoms with Gasteiger partial charge in [-0.15, -0.1) is 0 Å². The van der Waals surface area contributed by atoms with Gasteiger partial charge in [0.1, 0.15) is 5.75 Å². The second-order valence-electron chi connectivity index (χ2n) is 6.60. The van der Waals surface area contributed by atoms with Gasteiger partial charge in [0.25, 0.3) is 0 Å². The molecule has 8 heteroatoms. The first-order valence-electron chi connectivity index (χ1n) is 8.64. The van der Waals surface area contributed by atoms with Crippen LogP contribution < -0.4 is 0 Å². The maximum atomic E-state index is 12.4. The lowest BCUT2D eigenvalue weighted by atomic mass is 9.83. The monoisotopic (exact) mass is 376 g/mol. The molecule has 138 valence electrons. The second-order valence-corrected chi connectivity index (χ2v) is 9.94. The minimum absolute atomic E-state index is 0.00362. The third-order valence-electron chi connectivity index (χ3n) is 5.04. The topological polar surface area (TPSA) is 74.8 Å². The number of rotatable bonds is 6. The lowest BCUT2D eigenvalue weighted by molar-refractivity contribution is -0.140. The highest BCUT2D eigenvalue weighted by molar-refractivity contribution is 7.98. The number of carbonyl (C=O) groups excluding carboxylic acids is 2. The number of hydrogen-bond acceptors (Lipinski definition) is 5. The first-order valence-corrected chi connectivity index (χ1v) is 11.9. The summed E-state index contributed by atoms with van der Waals surface area (Å²) in [5, 5.41) is 0. The Balaban J connectivity index is 1.96. The van der Waals surface area contributed by atoms with E-state index >= 15 is 0 Å². The molecule has 2 amide bonds. The van der Waals surface area contributed by atoms with Crippen LogP contribution in [0.15, 0.2) is 0 Å². The summed E-state index contributed by atoms with van der Waals surface area (Å²) in [5.41, 5.74) is 0. The molecule has 2 aliphatic heterocycles. The quantitative estimate of drug-likeness (QED) is 0.692. The summed E-state index contributed by atoms with van der Waals surface area (Å²) < 4.78 is 23.3. The van der Waals surface area contributed by atoms with E-state index in [2.05, 4.69) is 0 Å². The van der Waals surface area contributed by atoms with Crippen LogP contribution in [0.4, 0.5) is 0 Å². The number of hydrogen-bond donors (Lipinski definition) is 0. The largest absolute Gasteiger partial charge is 0.341 e. The highest BCUT2D eigenvalue weighted by Crippen LogP contribution is 2.31. The van der Waals surface area contributed by atoms with Gasteiger partial charge >= 0.3 is 0 Å². The van der Waals surface area contributed by atoms with Crippen molar-refractivity contribution in [2.75, 3.05) is 43.1 Å². The third kappa shape index (κ3) is 4.88. The molecule has 2 aliphatic rings. The van der Waals surface area contributed by atoms with Crippen LogP contribution >= 0.6 is 11.8 Å². The summed E-state index contributed by atoms with van der Waals surface area (Å²) in [5.74, 6) is 0.646. The van der Waals surface area contributed by atoms with Gasteiger partial charge in [-0.05, 0) is 31.4 Å². The summed E-state index contributed by atoms with van der Waals surface area (Å²) >= 11 is 1.68. The molecule has 0 spiro atoms. The standard InChI is InChI=1S/C16H28N2O4S2/c1-3-24(21,22)12-16(20)17-9-6-14-13(11-17)5-4-8-18(14)15(19)7-10-23-2/h13-14H,3-12H2,1-2H3. The summed E-state index contributed by atoms with van der Waals surface area (Å²) in [6.07, 6.45) is 5.29. The molecule has 0 aromatic heterocycles. The Morgan fingerprint density at radius 2 is 1.92 bits per heavy atom. The van der Waals surface area contributed by atoms with E-state index in [0.717, 1.165) is 31.6 Å². The average molecular weight is 377 g/mol. The van der Waals surface area contributed by atoms with Crippen LogP contribution in [0, 0.1) is 5.92 Å². The van der Waals surface area contributed by atoms with Gasteiger partial charge in [0.05, 0.1) is 0 Å². The van der Waals surface area contributed by atoms with E-state index in [-0.39, 0.29) is 29.5 Å². The van der Waals surface area contributed by atoms with Crippen molar-refractivity contribution in [2.24, 2.45) is 5.92 Å². The van der Waals surface area contributed by atoms with Gasteiger partial charge in [0.15, 0.2) is 9.84 Å². The molecular formula is C16H28N2O4S2. The van der Waals surface area contributed by atoms with Crippen molar-refractivity contribution >= 4 is 33.4 Å². The summed E-state index contributed by atoms with van der Waals surface area (Å²) in [7, 11) is -3.29. The fourth-order valence-electron chi connectivity index (χ4n) is 3.65. The highest BCUT2D eigenvalue weighted by Gasteiger charge is 2.39. The zero-order valence-electron chi connectivity index (χ0n) is 14.6. The normalized spacial score (nSPS) is 24.6. The van der Waals surface area contributed by atoms with Crippen LogP contribution in [0.3, 0.4) is 0 Å². The molecule has 2 saturated heterocycles. The van der Waals surface area contributed by atoms with Gasteiger partial charge in [-0.25, -0.2) is 8.42 Å². The first-order chi connectivity index (χ1) is 11.4. The molecule has 0 bridgehead atoms. The van der Waals surface area contributed by atoms with Crippen molar-refractivity contribution in [3.05, 3.63) is 0 Å². The van der Waals surface area contributed by atoms with Crippen molar-refractivity contribution in [1.29, 1.82) is 0 Å². The Morgan fingerprint density at radius 3 is 2.58 bits per heavy atom. The van der Waals surface area contributed by atoms with Crippen LogP contribution in [0.2, 0.25) is 0 Å². The van der Waals surface area contributed by atoms with E-state index in [1.54, 1.807) is 23.6 Å². The third-order valence-corrected chi connectivity index (χ3v) is 7.22. The van der Waals surface area contributed by atoms with Crippen molar-refractivity contribution < 1.29 is 18.0 Å². The molecule has 2 heterocycles. The predicted octanol–water partition coefficient (Wildman–Crippen LogP) is 1.01. The Morgan fingerprint density at radius 1 is 1.17 bits per heavy atom. The Labute approximate surface area is 149 Å². The minimum atomic E-state index is -3.29. The molecule has 0 aromatic rings. The van der Waals surface area contributed by atoms with Crippen LogP contribution in [0.5, 0.6) is 0 Å². The Kier molecular flexibility index (Phi) is 6.98. The molecule has 6 nitrogen and oxygen atoms in total. The molecular weight excluding hydrogens is 348 g/mol. The van der Waals surface area contributed by atoms with Crippen LogP contribution in [-0.4, -0.2) is 79.2 Å². The summed E-state index contributed by atoms with van der Waals surface area (Å²) in [6, 6.07) is 0.208. The number of carbonyl (C=O) groups is 2. The number of nitrogens with zero attached hydrogens (tertiary/aromatic N) is 2. The maximum absolute atomic E-state index is 12.4. The fraction of sp³-hybridized carbons (Fsp3) is 0.875. The van der Waals surface area contributed by atoms with E-state index in [0.29, 0.717) is 19.5 Å². The molecule has 24 heavy (non-hydrogen) atoms. The molecule has 2 rings (SSSR count). The van der Waals surface area contributed by atoms with Gasteiger partial charge in [-0.3, -0.25) is 9.59 Å². The average Bonchev–Trinajstić information content (AvgIpc) is 2.58. The van der Waals surface area contributed by atoms with Gasteiger partial charge in [0.2, 0.25) is 11.8 Å². The molecule has 2 atom stereocenters. The molecule has 0 N–H and O–H groups in total. The molecule has 0 radical (unpaired) electrons. The van der Waals surface area contributed by atoms with Gasteiger partial charge < -0.3 is 9.80 Å². The van der Waals surface area contributed by atoms with E-state index in [4.69, 9.17) is 0 Å². The Bertz CT molecular complexity index is 564. The molecule has 0 aliphatic carbocycles. The molecule has 2 fully saturated rings. The zero-order valence-corrected chi connectivity index (χ0v) is 16.2. The molecule has 2 unspecified atom stereocenters. The number of fused-ring (bicyclic) bond motifs is 1. The number of amides is 2. The lowest BCUT2D eigenvalue weighted by Crippen LogP contribution is -2.57. The van der Waals surface area contributed by atoms with Gasteiger partial charge in [0, 0.05) is 43.6 Å². The number of thioether (sulfide) groups is 1. The zero-order chi connectivity index (χ0) is 17.7. The SMILES string of the molecule is CCS(=O)(=O)CC(=O)N1CCC2C(CCCN2C(=O)CCSC)C1. The fourth-order valence-corrected chi connectivity index (χ4v) is 4.80. The second kappa shape index (κ2) is 8.56. The van der Waals surface area contributed by atoms with Gasteiger partial charge in [-0.1, -0.05) is 6.92 Å². The summed E-state index contributed by atoms with van der Waals surface area (Å²) in [6.45, 7) is 3.50. The van der Waals surface area contributed by atoms with Crippen LogP contribution in [0.25, 0.3) is 0 Å². The summed E-state index contributed by atoms with van der Waals surface area (Å²) in [4.78, 5) is 28.4. The lowest BCUT2D eigenvalue weighted by Gasteiger charge is -2.47. The number of likely N-dealkylation sites (tertiary alicyclic amines) is 2. The van der Waals surface area contributed by atoms with Crippen molar-refractivity contribution in [3.8, 4) is 0 Å². The maximum Gasteiger partial charge on any atom is 0.237 e. The minimum Gasteiger partial charge on any atom is -0.341 e. The van der Waals surface area contributed by atoms with E-state index in [9.17, 15) is 18.0 Å². The van der Waals surface area contributed by atoms with Crippen molar-refractivity contribution in [3.63, 3.8) is 0 Å². The van der Waals surface area contributed by atoms with E-state index in [1.807, 2.05) is 11.2 Å². The predicted molar refractivity (Wildman–Crippen MR) is 96.7 cm³/mol.